The molecule has 0 fully saturated rings. The molecule has 3 aromatic rings. The lowest BCUT2D eigenvalue weighted by Crippen LogP contribution is -2.26. The summed E-state index contributed by atoms with van der Waals surface area (Å²) in [5.74, 6) is -0.814. The van der Waals surface area contributed by atoms with Crippen LogP contribution in [0.1, 0.15) is 21.5 Å². The van der Waals surface area contributed by atoms with E-state index in [9.17, 15) is 18.0 Å². The summed E-state index contributed by atoms with van der Waals surface area (Å²) in [5, 5.41) is 2.43. The number of hydrogen-bond donors (Lipinski definition) is 1. The number of hydrogen-bond acceptors (Lipinski definition) is 2. The molecule has 0 atom stereocenters. The Balaban J connectivity index is 1.96. The third kappa shape index (κ3) is 3.82. The van der Waals surface area contributed by atoms with E-state index in [0.717, 1.165) is 16.2 Å². The number of alkyl halides is 3. The van der Waals surface area contributed by atoms with Crippen molar-refractivity contribution in [1.82, 2.24) is 10.3 Å². The molecule has 128 valence electrons. The van der Waals surface area contributed by atoms with Crippen molar-refractivity contribution in [2.24, 2.45) is 0 Å². The van der Waals surface area contributed by atoms with E-state index in [0.29, 0.717) is 0 Å². The molecule has 1 amide bonds. The predicted octanol–water partition coefficient (Wildman–Crippen LogP) is 4.95. The standard InChI is InChI=1S/C18H12BrF3N2O/c19-12-5-3-4-11(8-12)9-24-17(25)14-10-23-15-7-2-1-6-13(15)16(14)18(20,21)22/h1-8,10H,9H2,(H,24,25). The van der Waals surface area contributed by atoms with Gasteiger partial charge in [-0.25, -0.2) is 0 Å². The Morgan fingerprint density at radius 2 is 1.88 bits per heavy atom. The van der Waals surface area contributed by atoms with E-state index in [4.69, 9.17) is 0 Å². The van der Waals surface area contributed by atoms with Crippen LogP contribution in [0.25, 0.3) is 10.9 Å². The van der Waals surface area contributed by atoms with Gasteiger partial charge in [0.25, 0.3) is 5.91 Å². The molecule has 0 saturated carbocycles. The minimum atomic E-state index is -4.66. The van der Waals surface area contributed by atoms with Gasteiger partial charge in [0.05, 0.1) is 16.6 Å². The van der Waals surface area contributed by atoms with Gasteiger partial charge in [0.1, 0.15) is 0 Å². The fraction of sp³-hybridized carbons (Fsp3) is 0.111. The SMILES string of the molecule is O=C(NCc1cccc(Br)c1)c1cnc2ccccc2c1C(F)(F)F. The molecule has 1 aromatic heterocycles. The first-order chi connectivity index (χ1) is 11.9. The molecule has 0 aliphatic rings. The molecule has 3 nitrogen and oxygen atoms in total. The zero-order valence-electron chi connectivity index (χ0n) is 12.8. The molecule has 25 heavy (non-hydrogen) atoms. The average molecular weight is 409 g/mol. The van der Waals surface area contributed by atoms with Crippen LogP contribution in [0.5, 0.6) is 0 Å². The number of nitrogens with one attached hydrogen (secondary N) is 1. The topological polar surface area (TPSA) is 42.0 Å². The van der Waals surface area contributed by atoms with Gasteiger partial charge >= 0.3 is 6.18 Å². The molecule has 7 heteroatoms. The number of nitrogens with zero attached hydrogens (tertiary/aromatic N) is 1. The van der Waals surface area contributed by atoms with Crippen LogP contribution in [0.15, 0.2) is 59.2 Å². The number of pyridine rings is 1. The highest BCUT2D eigenvalue weighted by atomic mass is 79.9. The summed E-state index contributed by atoms with van der Waals surface area (Å²) >= 11 is 3.31. The van der Waals surface area contributed by atoms with Crippen molar-refractivity contribution in [1.29, 1.82) is 0 Å². The minimum Gasteiger partial charge on any atom is -0.348 e. The highest BCUT2D eigenvalue weighted by Crippen LogP contribution is 2.36. The van der Waals surface area contributed by atoms with Crippen LogP contribution in [0, 0.1) is 0 Å². The maximum absolute atomic E-state index is 13.5. The van der Waals surface area contributed by atoms with E-state index in [-0.39, 0.29) is 17.4 Å². The zero-order chi connectivity index (χ0) is 18.0. The van der Waals surface area contributed by atoms with Crippen molar-refractivity contribution in [3.8, 4) is 0 Å². The molecule has 3 rings (SSSR count). The summed E-state index contributed by atoms with van der Waals surface area (Å²) in [4.78, 5) is 16.3. The van der Waals surface area contributed by atoms with Crippen LogP contribution in [0.2, 0.25) is 0 Å². The maximum atomic E-state index is 13.5. The molecule has 0 spiro atoms. The van der Waals surface area contributed by atoms with Crippen molar-refractivity contribution in [3.05, 3.63) is 75.9 Å². The first kappa shape index (κ1) is 17.4. The lowest BCUT2D eigenvalue weighted by molar-refractivity contribution is -0.136. The summed E-state index contributed by atoms with van der Waals surface area (Å²) < 4.78 is 41.4. The lowest BCUT2D eigenvalue weighted by atomic mass is 10.0. The molecule has 2 aromatic carbocycles. The molecule has 0 bridgehead atoms. The van der Waals surface area contributed by atoms with Gasteiger partial charge in [-0.05, 0) is 23.8 Å². The van der Waals surface area contributed by atoms with Gasteiger partial charge in [-0.15, -0.1) is 0 Å². The number of aromatic nitrogens is 1. The molecular formula is C18H12BrF3N2O. The molecular weight excluding hydrogens is 397 g/mol. The molecule has 0 unspecified atom stereocenters. The summed E-state index contributed by atoms with van der Waals surface area (Å²) in [5.41, 5.74) is -0.491. The Kier molecular flexibility index (Phi) is 4.76. The Hall–Kier alpha value is -2.41. The zero-order valence-corrected chi connectivity index (χ0v) is 14.4. The monoisotopic (exact) mass is 408 g/mol. The third-order valence-electron chi connectivity index (χ3n) is 3.65. The molecule has 0 aliphatic heterocycles. The van der Waals surface area contributed by atoms with Crippen LogP contribution >= 0.6 is 15.9 Å². The van der Waals surface area contributed by atoms with Crippen LogP contribution < -0.4 is 5.32 Å². The summed E-state index contributed by atoms with van der Waals surface area (Å²) in [6.45, 7) is 0.113. The number of carbonyl (C=O) groups is 1. The second-order valence-corrected chi connectivity index (χ2v) is 6.29. The second-order valence-electron chi connectivity index (χ2n) is 5.37. The first-order valence-corrected chi connectivity index (χ1v) is 8.13. The van der Waals surface area contributed by atoms with Crippen molar-refractivity contribution < 1.29 is 18.0 Å². The Bertz CT molecular complexity index is 941. The molecule has 0 saturated heterocycles. The number of fused-ring (bicyclic) bond motifs is 1. The number of benzene rings is 2. The quantitative estimate of drug-likeness (QED) is 0.666. The van der Waals surface area contributed by atoms with Gasteiger partial charge in [-0.2, -0.15) is 13.2 Å². The Morgan fingerprint density at radius 3 is 2.60 bits per heavy atom. The number of rotatable bonds is 3. The molecule has 0 radical (unpaired) electrons. The summed E-state index contributed by atoms with van der Waals surface area (Å²) in [7, 11) is 0. The van der Waals surface area contributed by atoms with E-state index in [1.165, 1.54) is 18.2 Å². The Morgan fingerprint density at radius 1 is 1.12 bits per heavy atom. The molecule has 1 N–H and O–H groups in total. The minimum absolute atomic E-state index is 0.0925. The number of carbonyl (C=O) groups excluding carboxylic acids is 1. The van der Waals surface area contributed by atoms with E-state index in [2.05, 4.69) is 26.2 Å². The van der Waals surface area contributed by atoms with Crippen molar-refractivity contribution in [3.63, 3.8) is 0 Å². The van der Waals surface area contributed by atoms with Crippen molar-refractivity contribution >= 4 is 32.7 Å². The predicted molar refractivity (Wildman–Crippen MR) is 92.1 cm³/mol. The highest BCUT2D eigenvalue weighted by molar-refractivity contribution is 9.10. The van der Waals surface area contributed by atoms with Gasteiger partial charge in [-0.3, -0.25) is 9.78 Å². The Labute approximate surface area is 150 Å². The van der Waals surface area contributed by atoms with Crippen LogP contribution in [-0.2, 0) is 12.7 Å². The fourth-order valence-corrected chi connectivity index (χ4v) is 2.99. The summed E-state index contributed by atoms with van der Waals surface area (Å²) in [6, 6.07) is 13.0. The van der Waals surface area contributed by atoms with E-state index in [1.807, 2.05) is 6.07 Å². The van der Waals surface area contributed by atoms with Gasteiger partial charge in [-0.1, -0.05) is 46.3 Å². The molecule has 1 heterocycles. The van der Waals surface area contributed by atoms with Crippen LogP contribution in [0.4, 0.5) is 13.2 Å². The molecule has 0 aliphatic carbocycles. The smallest absolute Gasteiger partial charge is 0.348 e. The number of amides is 1. The average Bonchev–Trinajstić information content (AvgIpc) is 2.58. The van der Waals surface area contributed by atoms with Crippen molar-refractivity contribution in [2.75, 3.05) is 0 Å². The van der Waals surface area contributed by atoms with Crippen LogP contribution in [-0.4, -0.2) is 10.9 Å². The van der Waals surface area contributed by atoms with E-state index >= 15 is 0 Å². The van der Waals surface area contributed by atoms with Crippen LogP contribution in [0.3, 0.4) is 0 Å². The van der Waals surface area contributed by atoms with E-state index in [1.54, 1.807) is 24.3 Å². The highest BCUT2D eigenvalue weighted by Gasteiger charge is 2.37. The third-order valence-corrected chi connectivity index (χ3v) is 4.14. The van der Waals surface area contributed by atoms with Gasteiger partial charge in [0, 0.05) is 22.6 Å². The summed E-state index contributed by atoms with van der Waals surface area (Å²) in [6.07, 6.45) is -3.69. The number of halogens is 4. The van der Waals surface area contributed by atoms with Gasteiger partial charge in [0.2, 0.25) is 0 Å². The second kappa shape index (κ2) is 6.84. The van der Waals surface area contributed by atoms with Crippen molar-refractivity contribution in [2.45, 2.75) is 12.7 Å². The van der Waals surface area contributed by atoms with Gasteiger partial charge in [0.15, 0.2) is 0 Å². The number of para-hydroxylation sites is 1. The normalized spacial score (nSPS) is 11.5. The van der Waals surface area contributed by atoms with E-state index < -0.39 is 23.2 Å². The maximum Gasteiger partial charge on any atom is 0.417 e. The fourth-order valence-electron chi connectivity index (χ4n) is 2.54. The lowest BCUT2D eigenvalue weighted by Gasteiger charge is -2.15. The first-order valence-electron chi connectivity index (χ1n) is 7.34. The van der Waals surface area contributed by atoms with Gasteiger partial charge < -0.3 is 5.32 Å². The largest absolute Gasteiger partial charge is 0.417 e.